The third kappa shape index (κ3) is 2.26. The summed E-state index contributed by atoms with van der Waals surface area (Å²) >= 11 is 0. The van der Waals surface area contributed by atoms with Gasteiger partial charge in [0.15, 0.2) is 0 Å². The van der Waals surface area contributed by atoms with E-state index in [-0.39, 0.29) is 17.9 Å². The van der Waals surface area contributed by atoms with Crippen molar-refractivity contribution in [2.45, 2.75) is 38.1 Å². The smallest absolute Gasteiger partial charge is 0.307 e. The van der Waals surface area contributed by atoms with Gasteiger partial charge in [-0.05, 0) is 32.1 Å². The van der Waals surface area contributed by atoms with Crippen molar-refractivity contribution >= 4 is 11.9 Å². The molecule has 0 aromatic carbocycles. The van der Waals surface area contributed by atoms with E-state index in [1.165, 1.54) is 0 Å². The summed E-state index contributed by atoms with van der Waals surface area (Å²) in [6, 6.07) is 0.201. The lowest BCUT2D eigenvalue weighted by Crippen LogP contribution is -2.47. The number of aliphatic carboxylic acids is 1. The van der Waals surface area contributed by atoms with Crippen LogP contribution in [0, 0.1) is 11.8 Å². The number of rotatable bonds is 3. The van der Waals surface area contributed by atoms with Gasteiger partial charge in [-0.1, -0.05) is 12.2 Å². The third-order valence-corrected chi connectivity index (χ3v) is 3.54. The molecule has 4 heteroatoms. The molecule has 3 unspecified atom stereocenters. The number of hydrogen-bond acceptors (Lipinski definition) is 2. The number of hydrogen-bond donors (Lipinski definition) is 2. The van der Waals surface area contributed by atoms with Gasteiger partial charge in [-0.15, -0.1) is 0 Å². The van der Waals surface area contributed by atoms with E-state index in [1.807, 2.05) is 0 Å². The molecule has 0 bridgehead atoms. The zero-order valence-corrected chi connectivity index (χ0v) is 9.19. The topological polar surface area (TPSA) is 66.4 Å². The van der Waals surface area contributed by atoms with Crippen molar-refractivity contribution in [3.05, 3.63) is 12.2 Å². The van der Waals surface area contributed by atoms with E-state index >= 15 is 0 Å². The highest BCUT2D eigenvalue weighted by atomic mass is 16.4. The Morgan fingerprint density at radius 3 is 2.38 bits per heavy atom. The molecule has 88 valence electrons. The van der Waals surface area contributed by atoms with E-state index in [4.69, 9.17) is 5.11 Å². The molecule has 16 heavy (non-hydrogen) atoms. The molecule has 0 spiro atoms. The summed E-state index contributed by atoms with van der Waals surface area (Å²) in [5, 5.41) is 11.8. The molecule has 0 saturated heterocycles. The Kier molecular flexibility index (Phi) is 3.27. The van der Waals surface area contributed by atoms with Gasteiger partial charge >= 0.3 is 5.97 Å². The van der Waals surface area contributed by atoms with Crippen LogP contribution >= 0.6 is 0 Å². The van der Waals surface area contributed by atoms with Crippen molar-refractivity contribution in [1.82, 2.24) is 5.32 Å². The summed E-state index contributed by atoms with van der Waals surface area (Å²) < 4.78 is 0. The van der Waals surface area contributed by atoms with E-state index in [0.717, 1.165) is 19.3 Å². The molecule has 2 aliphatic carbocycles. The Morgan fingerprint density at radius 1 is 1.12 bits per heavy atom. The van der Waals surface area contributed by atoms with Crippen LogP contribution in [0.25, 0.3) is 0 Å². The standard InChI is InChI=1S/C12H17NO3/c14-11(9-6-7-10(9)12(15)16)13-8-4-2-1-3-5-8/h1-2,8-10H,3-7H2,(H,13,14)(H,15,16). The van der Waals surface area contributed by atoms with Gasteiger partial charge in [0.25, 0.3) is 0 Å². The molecular weight excluding hydrogens is 206 g/mol. The highest BCUT2D eigenvalue weighted by Crippen LogP contribution is 2.34. The largest absolute Gasteiger partial charge is 0.481 e. The fourth-order valence-corrected chi connectivity index (χ4v) is 2.34. The summed E-state index contributed by atoms with van der Waals surface area (Å²) in [5.41, 5.74) is 0. The van der Waals surface area contributed by atoms with Crippen LogP contribution in [0.5, 0.6) is 0 Å². The van der Waals surface area contributed by atoms with Crippen LogP contribution in [0.2, 0.25) is 0 Å². The van der Waals surface area contributed by atoms with Crippen molar-refractivity contribution in [2.24, 2.45) is 11.8 Å². The van der Waals surface area contributed by atoms with Crippen molar-refractivity contribution in [3.63, 3.8) is 0 Å². The van der Waals surface area contributed by atoms with Gasteiger partial charge in [0.1, 0.15) is 0 Å². The molecule has 1 saturated carbocycles. The molecule has 2 N–H and O–H groups in total. The minimum Gasteiger partial charge on any atom is -0.481 e. The van der Waals surface area contributed by atoms with Crippen molar-refractivity contribution in [2.75, 3.05) is 0 Å². The Hall–Kier alpha value is -1.32. The number of nitrogens with one attached hydrogen (secondary N) is 1. The van der Waals surface area contributed by atoms with E-state index in [0.29, 0.717) is 12.8 Å². The number of amides is 1. The van der Waals surface area contributed by atoms with Gasteiger partial charge in [0.05, 0.1) is 11.8 Å². The summed E-state index contributed by atoms with van der Waals surface area (Å²) in [7, 11) is 0. The second-order valence-electron chi connectivity index (χ2n) is 4.62. The Morgan fingerprint density at radius 2 is 1.88 bits per heavy atom. The van der Waals surface area contributed by atoms with Crippen LogP contribution in [0.4, 0.5) is 0 Å². The molecule has 3 atom stereocenters. The number of carboxylic acid groups (broad SMARTS) is 1. The molecule has 1 fully saturated rings. The zero-order chi connectivity index (χ0) is 11.5. The maximum atomic E-state index is 11.8. The van der Waals surface area contributed by atoms with E-state index in [1.54, 1.807) is 0 Å². The van der Waals surface area contributed by atoms with Crippen LogP contribution in [0.3, 0.4) is 0 Å². The van der Waals surface area contributed by atoms with Crippen molar-refractivity contribution in [1.29, 1.82) is 0 Å². The Labute approximate surface area is 94.7 Å². The first-order chi connectivity index (χ1) is 7.68. The molecule has 4 nitrogen and oxygen atoms in total. The highest BCUT2D eigenvalue weighted by molar-refractivity contribution is 5.86. The van der Waals surface area contributed by atoms with Crippen molar-refractivity contribution in [3.8, 4) is 0 Å². The highest BCUT2D eigenvalue weighted by Gasteiger charge is 2.41. The first-order valence-electron chi connectivity index (χ1n) is 5.86. The summed E-state index contributed by atoms with van der Waals surface area (Å²) in [5.74, 6) is -1.67. The molecule has 0 heterocycles. The lowest BCUT2D eigenvalue weighted by atomic mass is 9.73. The summed E-state index contributed by atoms with van der Waals surface area (Å²) in [6.07, 6.45) is 8.38. The van der Waals surface area contributed by atoms with Crippen LogP contribution in [-0.2, 0) is 9.59 Å². The Bertz CT molecular complexity index is 324. The molecule has 0 aromatic rings. The molecule has 2 aliphatic rings. The zero-order valence-electron chi connectivity index (χ0n) is 9.19. The first-order valence-corrected chi connectivity index (χ1v) is 5.86. The first kappa shape index (κ1) is 11.2. The number of carbonyl (C=O) groups excluding carboxylic acids is 1. The molecule has 0 aromatic heterocycles. The SMILES string of the molecule is O=C(O)C1CCC1C(=O)NC1CC=CCC1. The van der Waals surface area contributed by atoms with Gasteiger partial charge in [-0.3, -0.25) is 9.59 Å². The van der Waals surface area contributed by atoms with Crippen molar-refractivity contribution < 1.29 is 14.7 Å². The van der Waals surface area contributed by atoms with Gasteiger partial charge in [-0.2, -0.15) is 0 Å². The average Bonchev–Trinajstić information content (AvgIpc) is 2.16. The number of carbonyl (C=O) groups is 2. The molecular formula is C12H17NO3. The number of carboxylic acids is 1. The van der Waals surface area contributed by atoms with E-state index in [2.05, 4.69) is 17.5 Å². The maximum Gasteiger partial charge on any atom is 0.307 e. The monoisotopic (exact) mass is 223 g/mol. The van der Waals surface area contributed by atoms with E-state index < -0.39 is 11.9 Å². The van der Waals surface area contributed by atoms with E-state index in [9.17, 15) is 9.59 Å². The summed E-state index contributed by atoms with van der Waals surface area (Å²) in [4.78, 5) is 22.6. The fraction of sp³-hybridized carbons (Fsp3) is 0.667. The second kappa shape index (κ2) is 4.68. The lowest BCUT2D eigenvalue weighted by molar-refractivity contribution is -0.153. The minimum absolute atomic E-state index is 0.0704. The summed E-state index contributed by atoms with van der Waals surface area (Å²) in [6.45, 7) is 0. The van der Waals surface area contributed by atoms with Crippen LogP contribution in [-0.4, -0.2) is 23.0 Å². The molecule has 0 aliphatic heterocycles. The molecule has 1 amide bonds. The van der Waals surface area contributed by atoms with Crippen LogP contribution in [0.1, 0.15) is 32.1 Å². The molecule has 0 radical (unpaired) electrons. The normalized spacial score (nSPS) is 32.9. The predicted octanol–water partition coefficient (Wildman–Crippen LogP) is 1.32. The van der Waals surface area contributed by atoms with Crippen LogP contribution < -0.4 is 5.32 Å². The van der Waals surface area contributed by atoms with Gasteiger partial charge in [0.2, 0.25) is 5.91 Å². The van der Waals surface area contributed by atoms with Gasteiger partial charge in [0, 0.05) is 6.04 Å². The molecule has 2 rings (SSSR count). The quantitative estimate of drug-likeness (QED) is 0.709. The van der Waals surface area contributed by atoms with Crippen LogP contribution in [0.15, 0.2) is 12.2 Å². The maximum absolute atomic E-state index is 11.8. The average molecular weight is 223 g/mol. The predicted molar refractivity (Wildman–Crippen MR) is 58.8 cm³/mol. The lowest BCUT2D eigenvalue weighted by Gasteiger charge is -2.33. The van der Waals surface area contributed by atoms with Gasteiger partial charge < -0.3 is 10.4 Å². The second-order valence-corrected chi connectivity index (χ2v) is 4.62. The third-order valence-electron chi connectivity index (χ3n) is 3.54. The van der Waals surface area contributed by atoms with Gasteiger partial charge in [-0.25, -0.2) is 0 Å². The minimum atomic E-state index is -0.838. The fourth-order valence-electron chi connectivity index (χ4n) is 2.34. The Balaban J connectivity index is 1.84. The number of allylic oxidation sites excluding steroid dienone is 1.